The van der Waals surface area contributed by atoms with Gasteiger partial charge in [0.1, 0.15) is 6.04 Å². The Labute approximate surface area is 218 Å². The number of aryl methyl sites for hydroxylation is 1. The fourth-order valence-corrected chi connectivity index (χ4v) is 5.09. The third-order valence-corrected chi connectivity index (χ3v) is 7.14. The SMILES string of the molecule is NC1CCN(Cc2cn(CCCC(=O)Nc3cccc4c3C(=O)N(C3CCC(=O)NC3=O)C4=O)nn2)CC1. The highest BCUT2D eigenvalue weighted by atomic mass is 16.2. The van der Waals surface area contributed by atoms with E-state index in [1.807, 2.05) is 6.20 Å². The van der Waals surface area contributed by atoms with Gasteiger partial charge in [-0.2, -0.15) is 0 Å². The summed E-state index contributed by atoms with van der Waals surface area (Å²) in [5.41, 5.74) is 7.21. The van der Waals surface area contributed by atoms with Crippen molar-refractivity contribution >= 4 is 35.2 Å². The van der Waals surface area contributed by atoms with E-state index < -0.39 is 29.7 Å². The molecule has 5 rings (SSSR count). The van der Waals surface area contributed by atoms with Crippen molar-refractivity contribution in [1.29, 1.82) is 0 Å². The van der Waals surface area contributed by atoms with Crippen LogP contribution >= 0.6 is 0 Å². The van der Waals surface area contributed by atoms with Gasteiger partial charge in [-0.1, -0.05) is 11.3 Å². The Morgan fingerprint density at radius 1 is 1.11 bits per heavy atom. The predicted molar refractivity (Wildman–Crippen MR) is 133 cm³/mol. The first-order valence-corrected chi connectivity index (χ1v) is 12.8. The molecule has 0 bridgehead atoms. The van der Waals surface area contributed by atoms with Gasteiger partial charge in [0.2, 0.25) is 17.7 Å². The average Bonchev–Trinajstić information content (AvgIpc) is 3.43. The van der Waals surface area contributed by atoms with Gasteiger partial charge < -0.3 is 11.1 Å². The second-order valence-corrected chi connectivity index (χ2v) is 9.91. The summed E-state index contributed by atoms with van der Waals surface area (Å²) in [7, 11) is 0. The second-order valence-electron chi connectivity index (χ2n) is 9.91. The predicted octanol–water partition coefficient (Wildman–Crippen LogP) is 0.0213. The van der Waals surface area contributed by atoms with Gasteiger partial charge in [-0.05, 0) is 37.8 Å². The van der Waals surface area contributed by atoms with Crippen LogP contribution in [0.1, 0.15) is 64.9 Å². The number of carbonyl (C=O) groups excluding carboxylic acids is 5. The van der Waals surface area contributed by atoms with Crippen LogP contribution in [0.4, 0.5) is 5.69 Å². The van der Waals surface area contributed by atoms with Crippen molar-refractivity contribution in [3.8, 4) is 0 Å². The van der Waals surface area contributed by atoms with Crippen molar-refractivity contribution in [2.75, 3.05) is 18.4 Å². The maximum atomic E-state index is 13.2. The van der Waals surface area contributed by atoms with Gasteiger partial charge in [0, 0.05) is 51.3 Å². The number of benzene rings is 1. The van der Waals surface area contributed by atoms with Crippen LogP contribution in [0.2, 0.25) is 0 Å². The van der Waals surface area contributed by atoms with Crippen LogP contribution in [0.25, 0.3) is 0 Å². The molecule has 2 fully saturated rings. The molecule has 3 aliphatic heterocycles. The van der Waals surface area contributed by atoms with Crippen LogP contribution in [-0.2, 0) is 27.5 Å². The average molecular weight is 523 g/mol. The summed E-state index contributed by atoms with van der Waals surface area (Å²) in [6, 6.07) is 3.81. The van der Waals surface area contributed by atoms with Gasteiger partial charge in [-0.15, -0.1) is 5.10 Å². The summed E-state index contributed by atoms with van der Waals surface area (Å²) in [5.74, 6) is -2.72. The molecule has 2 saturated heterocycles. The van der Waals surface area contributed by atoms with Crippen molar-refractivity contribution in [2.24, 2.45) is 5.73 Å². The molecule has 0 radical (unpaired) electrons. The summed E-state index contributed by atoms with van der Waals surface area (Å²) >= 11 is 0. The molecule has 1 aromatic carbocycles. The van der Waals surface area contributed by atoms with Crippen molar-refractivity contribution < 1.29 is 24.0 Å². The molecule has 2 aromatic rings. The van der Waals surface area contributed by atoms with E-state index in [2.05, 4.69) is 25.8 Å². The minimum absolute atomic E-state index is 0.0353. The first-order valence-electron chi connectivity index (χ1n) is 12.8. The van der Waals surface area contributed by atoms with E-state index in [4.69, 9.17) is 5.73 Å². The fourth-order valence-electron chi connectivity index (χ4n) is 5.09. The Bertz CT molecular complexity index is 1280. The standard InChI is InChI=1S/C25H30N8O5/c26-15-8-11-31(12-9-15)13-16-14-32(30-29-16)10-2-5-20(34)27-18-4-1-3-17-22(18)25(38)33(24(17)37)19-6-7-21(35)28-23(19)36/h1,3-4,14-15,19H,2,5-13,26H2,(H,27,34)(H,28,35,36). The third kappa shape index (κ3) is 5.34. The van der Waals surface area contributed by atoms with Crippen molar-refractivity contribution in [1.82, 2.24) is 30.1 Å². The molecule has 0 spiro atoms. The number of hydrogen-bond acceptors (Lipinski definition) is 9. The van der Waals surface area contributed by atoms with Crippen LogP contribution in [0.15, 0.2) is 24.4 Å². The number of nitrogens with zero attached hydrogens (tertiary/aromatic N) is 5. The smallest absolute Gasteiger partial charge is 0.264 e. The molecular formula is C25H30N8O5. The number of carbonyl (C=O) groups is 5. The molecule has 13 nitrogen and oxygen atoms in total. The molecule has 13 heteroatoms. The summed E-state index contributed by atoms with van der Waals surface area (Å²) < 4.78 is 1.71. The van der Waals surface area contributed by atoms with Crippen molar-refractivity contribution in [3.05, 3.63) is 41.2 Å². The number of amides is 5. The fraction of sp³-hybridized carbons (Fsp3) is 0.480. The van der Waals surface area contributed by atoms with Gasteiger partial charge in [0.15, 0.2) is 0 Å². The maximum Gasteiger partial charge on any atom is 0.264 e. The minimum atomic E-state index is -1.07. The number of piperidine rings is 2. The Morgan fingerprint density at radius 3 is 2.66 bits per heavy atom. The van der Waals surface area contributed by atoms with E-state index in [0.29, 0.717) is 13.0 Å². The zero-order valence-corrected chi connectivity index (χ0v) is 20.9. The molecular weight excluding hydrogens is 492 g/mol. The number of anilines is 1. The summed E-state index contributed by atoms with van der Waals surface area (Å²) in [6.45, 7) is 3.10. The molecule has 1 aromatic heterocycles. The van der Waals surface area contributed by atoms with Gasteiger partial charge in [-0.25, -0.2) is 0 Å². The lowest BCUT2D eigenvalue weighted by Gasteiger charge is -2.29. The molecule has 200 valence electrons. The Hall–Kier alpha value is -3.97. The monoisotopic (exact) mass is 522 g/mol. The quantitative estimate of drug-likeness (QED) is 0.404. The van der Waals surface area contributed by atoms with E-state index in [-0.39, 0.29) is 48.0 Å². The van der Waals surface area contributed by atoms with Crippen molar-refractivity contribution in [2.45, 2.75) is 63.7 Å². The highest BCUT2D eigenvalue weighted by Crippen LogP contribution is 2.32. The molecule has 4 N–H and O–H groups in total. The molecule has 1 atom stereocenters. The zero-order chi connectivity index (χ0) is 26.8. The number of fused-ring (bicyclic) bond motifs is 1. The van der Waals surface area contributed by atoms with Crippen LogP contribution in [0.3, 0.4) is 0 Å². The molecule has 0 aliphatic carbocycles. The largest absolute Gasteiger partial charge is 0.328 e. The highest BCUT2D eigenvalue weighted by molar-refractivity contribution is 6.26. The van der Waals surface area contributed by atoms with E-state index >= 15 is 0 Å². The number of hydrogen-bond donors (Lipinski definition) is 3. The van der Waals surface area contributed by atoms with Gasteiger partial charge in [0.25, 0.3) is 11.8 Å². The Balaban J connectivity index is 1.15. The van der Waals surface area contributed by atoms with E-state index in [1.165, 1.54) is 6.07 Å². The van der Waals surface area contributed by atoms with Crippen LogP contribution in [0, 0.1) is 0 Å². The highest BCUT2D eigenvalue weighted by Gasteiger charge is 2.45. The Morgan fingerprint density at radius 2 is 1.89 bits per heavy atom. The molecule has 38 heavy (non-hydrogen) atoms. The zero-order valence-electron chi connectivity index (χ0n) is 20.9. The van der Waals surface area contributed by atoms with Crippen LogP contribution in [-0.4, -0.2) is 79.5 Å². The topological polar surface area (TPSA) is 173 Å². The van der Waals surface area contributed by atoms with E-state index in [0.717, 1.165) is 43.1 Å². The van der Waals surface area contributed by atoms with Crippen molar-refractivity contribution in [3.63, 3.8) is 0 Å². The summed E-state index contributed by atoms with van der Waals surface area (Å²) in [4.78, 5) is 65.7. The lowest BCUT2D eigenvalue weighted by molar-refractivity contribution is -0.136. The van der Waals surface area contributed by atoms with Gasteiger partial charge in [-0.3, -0.25) is 43.8 Å². The number of rotatable bonds is 8. The first kappa shape index (κ1) is 25.7. The molecule has 3 aliphatic rings. The summed E-state index contributed by atoms with van der Waals surface area (Å²) in [6.07, 6.45) is 4.59. The number of nitrogens with one attached hydrogen (secondary N) is 2. The Kier molecular flexibility index (Phi) is 7.29. The van der Waals surface area contributed by atoms with Crippen LogP contribution < -0.4 is 16.4 Å². The molecule has 5 amide bonds. The lowest BCUT2D eigenvalue weighted by Crippen LogP contribution is -2.54. The molecule has 4 heterocycles. The lowest BCUT2D eigenvalue weighted by atomic mass is 10.0. The maximum absolute atomic E-state index is 13.2. The van der Waals surface area contributed by atoms with Crippen LogP contribution in [0.5, 0.6) is 0 Å². The number of imide groups is 2. The number of likely N-dealkylation sites (tertiary alicyclic amines) is 1. The molecule has 0 saturated carbocycles. The first-order chi connectivity index (χ1) is 18.3. The minimum Gasteiger partial charge on any atom is -0.328 e. The second kappa shape index (κ2) is 10.8. The number of aromatic nitrogens is 3. The molecule has 1 unspecified atom stereocenters. The number of nitrogens with two attached hydrogens (primary N) is 1. The third-order valence-electron chi connectivity index (χ3n) is 7.14. The van der Waals surface area contributed by atoms with E-state index in [9.17, 15) is 24.0 Å². The van der Waals surface area contributed by atoms with Gasteiger partial charge in [0.05, 0.1) is 22.5 Å². The van der Waals surface area contributed by atoms with Gasteiger partial charge >= 0.3 is 0 Å². The van der Waals surface area contributed by atoms with E-state index in [1.54, 1.807) is 16.8 Å². The normalized spacial score (nSPS) is 20.6. The summed E-state index contributed by atoms with van der Waals surface area (Å²) in [5, 5.41) is 13.3.